The third kappa shape index (κ3) is 13.5. The fourth-order valence-electron chi connectivity index (χ4n) is 6.01. The minimum absolute atomic E-state index is 0.0489. The molecular formula is C43H45F5N6O8. The second-order valence-electron chi connectivity index (χ2n) is 13.9. The molecule has 62 heavy (non-hydrogen) atoms. The highest BCUT2D eigenvalue weighted by Crippen LogP contribution is 2.31. The maximum Gasteiger partial charge on any atom is 0.416 e. The molecule has 2 aromatic heterocycles. The molecule has 1 amide bonds. The van der Waals surface area contributed by atoms with Crippen LogP contribution in [0, 0.1) is 11.6 Å². The number of amides is 1. The number of aliphatic hydroxyl groups excluding tert-OH is 2. The molecule has 0 aliphatic heterocycles. The Morgan fingerprint density at radius 2 is 1.42 bits per heavy atom. The van der Waals surface area contributed by atoms with Crippen LogP contribution in [-0.2, 0) is 47.1 Å². The van der Waals surface area contributed by atoms with Crippen LogP contribution in [0.5, 0.6) is 0 Å². The van der Waals surface area contributed by atoms with Gasteiger partial charge in [0.2, 0.25) is 5.91 Å². The fraction of sp³-hybridized carbons (Fsp3) is 0.302. The summed E-state index contributed by atoms with van der Waals surface area (Å²) in [6.45, 7) is 6.65. The van der Waals surface area contributed by atoms with Crippen LogP contribution in [-0.4, -0.2) is 106 Å². The summed E-state index contributed by atoms with van der Waals surface area (Å²) in [5.74, 6) is -5.80. The van der Waals surface area contributed by atoms with Crippen LogP contribution >= 0.6 is 0 Å². The van der Waals surface area contributed by atoms with Crippen molar-refractivity contribution >= 4 is 30.0 Å². The Balaban J connectivity index is 0.000000750. The molecule has 5 rings (SSSR count). The van der Waals surface area contributed by atoms with E-state index in [0.717, 1.165) is 48.0 Å². The lowest BCUT2D eigenvalue weighted by Gasteiger charge is -2.27. The maximum atomic E-state index is 14.5. The van der Waals surface area contributed by atoms with Gasteiger partial charge in [-0.2, -0.15) is 23.3 Å². The van der Waals surface area contributed by atoms with Gasteiger partial charge in [0.1, 0.15) is 12.4 Å². The number of likely N-dealkylation sites (N-methyl/N-ethyl adjacent to an activating group) is 1. The Morgan fingerprint density at radius 1 is 0.823 bits per heavy atom. The molecule has 4 N–H and O–H groups in total. The lowest BCUT2D eigenvalue weighted by atomic mass is 10.0. The molecule has 0 unspecified atom stereocenters. The third-order valence-electron chi connectivity index (χ3n) is 9.56. The SMILES string of the molecule is CCN(CC)CCN(Cc1ccc(-c2ccc(C(F)(F)F)cc2)cc1)C(=O)Cn1cc(Cc2cnn(C)c2)c(=O)nc1/C=C/c1cccc(F)c1F.O=C(O)[C@H](O)[C@@H](O)C(=O)O. The molecule has 330 valence electrons. The van der Waals surface area contributed by atoms with Gasteiger partial charge in [0.25, 0.3) is 5.56 Å². The van der Waals surface area contributed by atoms with Gasteiger partial charge in [-0.1, -0.05) is 62.4 Å². The number of aromatic nitrogens is 4. The first-order chi connectivity index (χ1) is 29.3. The molecule has 0 aliphatic rings. The van der Waals surface area contributed by atoms with Crippen LogP contribution in [0.15, 0.2) is 90.1 Å². The Labute approximate surface area is 352 Å². The van der Waals surface area contributed by atoms with Crippen molar-refractivity contribution in [3.05, 3.63) is 141 Å². The molecule has 0 bridgehead atoms. The van der Waals surface area contributed by atoms with E-state index >= 15 is 0 Å². The summed E-state index contributed by atoms with van der Waals surface area (Å²) in [6.07, 6.45) is -1.10. The van der Waals surface area contributed by atoms with Crippen molar-refractivity contribution < 1.29 is 56.8 Å². The van der Waals surface area contributed by atoms with Crippen molar-refractivity contribution in [3.8, 4) is 11.1 Å². The number of rotatable bonds is 17. The van der Waals surface area contributed by atoms with E-state index in [-0.39, 0.29) is 36.8 Å². The first kappa shape index (κ1) is 48.1. The topological polar surface area (TPSA) is 191 Å². The number of carbonyl (C=O) groups excluding carboxylic acids is 1. The molecule has 3 aromatic carbocycles. The Bertz CT molecular complexity index is 2380. The van der Waals surface area contributed by atoms with E-state index in [4.69, 9.17) is 20.4 Å². The number of benzene rings is 3. The smallest absolute Gasteiger partial charge is 0.416 e. The number of aliphatic carboxylic acids is 2. The number of hydrogen-bond donors (Lipinski definition) is 4. The van der Waals surface area contributed by atoms with Crippen LogP contribution < -0.4 is 5.56 Å². The first-order valence-electron chi connectivity index (χ1n) is 19.1. The zero-order valence-electron chi connectivity index (χ0n) is 33.8. The molecule has 2 atom stereocenters. The van der Waals surface area contributed by atoms with Gasteiger partial charge in [-0.05, 0) is 65.7 Å². The van der Waals surface area contributed by atoms with Crippen molar-refractivity contribution in [2.45, 2.75) is 51.7 Å². The van der Waals surface area contributed by atoms with Gasteiger partial charge < -0.3 is 34.8 Å². The van der Waals surface area contributed by atoms with Crippen LogP contribution in [0.3, 0.4) is 0 Å². The number of hydrogen-bond acceptors (Lipinski definition) is 9. The fourth-order valence-corrected chi connectivity index (χ4v) is 6.01. The molecule has 0 aliphatic carbocycles. The van der Waals surface area contributed by atoms with Crippen LogP contribution in [0.1, 0.15) is 47.5 Å². The van der Waals surface area contributed by atoms with Crippen molar-refractivity contribution in [2.75, 3.05) is 26.2 Å². The predicted octanol–water partition coefficient (Wildman–Crippen LogP) is 4.95. The molecular weight excluding hydrogens is 823 g/mol. The van der Waals surface area contributed by atoms with Crippen molar-refractivity contribution in [1.82, 2.24) is 29.1 Å². The second-order valence-corrected chi connectivity index (χ2v) is 13.9. The van der Waals surface area contributed by atoms with E-state index in [1.165, 1.54) is 41.0 Å². The molecule has 14 nitrogen and oxygen atoms in total. The normalized spacial score (nSPS) is 12.5. The summed E-state index contributed by atoms with van der Waals surface area (Å²) < 4.78 is 70.7. The van der Waals surface area contributed by atoms with E-state index in [2.05, 4.69) is 15.0 Å². The summed E-state index contributed by atoms with van der Waals surface area (Å²) in [6, 6.07) is 16.0. The minimum atomic E-state index is -4.42. The number of carboxylic acids is 2. The lowest BCUT2D eigenvalue weighted by molar-refractivity contribution is -0.165. The number of aryl methyl sites for hydroxylation is 1. The number of carboxylic acid groups (broad SMARTS) is 2. The van der Waals surface area contributed by atoms with E-state index in [9.17, 15) is 41.1 Å². The highest BCUT2D eigenvalue weighted by Gasteiger charge is 2.30. The van der Waals surface area contributed by atoms with Gasteiger partial charge in [-0.3, -0.25) is 14.3 Å². The number of nitrogens with zero attached hydrogens (tertiary/aromatic N) is 6. The van der Waals surface area contributed by atoms with Crippen LogP contribution in [0.4, 0.5) is 22.0 Å². The van der Waals surface area contributed by atoms with Gasteiger partial charge in [0.05, 0.1) is 11.8 Å². The van der Waals surface area contributed by atoms with Crippen LogP contribution in [0.25, 0.3) is 23.3 Å². The van der Waals surface area contributed by atoms with Gasteiger partial charge in [0, 0.05) is 56.6 Å². The average Bonchev–Trinajstić information content (AvgIpc) is 3.66. The molecule has 0 spiro atoms. The predicted molar refractivity (Wildman–Crippen MR) is 217 cm³/mol. The Hall–Kier alpha value is -6.57. The van der Waals surface area contributed by atoms with Crippen LogP contribution in [0.2, 0.25) is 0 Å². The first-order valence-corrected chi connectivity index (χ1v) is 19.1. The molecule has 0 saturated carbocycles. The number of alkyl halides is 3. The molecule has 0 fully saturated rings. The Morgan fingerprint density at radius 3 is 1.95 bits per heavy atom. The maximum absolute atomic E-state index is 14.5. The molecule has 5 aromatic rings. The van der Waals surface area contributed by atoms with E-state index < -0.39 is 53.1 Å². The number of carbonyl (C=O) groups is 3. The zero-order valence-corrected chi connectivity index (χ0v) is 33.8. The Kier molecular flexibility index (Phi) is 16.9. The molecule has 19 heteroatoms. The highest BCUT2D eigenvalue weighted by molar-refractivity contribution is 5.83. The van der Waals surface area contributed by atoms with Gasteiger partial charge in [0.15, 0.2) is 23.8 Å². The summed E-state index contributed by atoms with van der Waals surface area (Å²) >= 11 is 0. The zero-order chi connectivity index (χ0) is 45.7. The quantitative estimate of drug-likeness (QED) is 0.0926. The van der Waals surface area contributed by atoms with Gasteiger partial charge in [-0.15, -0.1) is 0 Å². The lowest BCUT2D eigenvalue weighted by Crippen LogP contribution is -2.40. The van der Waals surface area contributed by atoms with E-state index in [0.29, 0.717) is 24.2 Å². The number of halogens is 5. The highest BCUT2D eigenvalue weighted by atomic mass is 19.4. The molecule has 0 saturated heterocycles. The second kappa shape index (κ2) is 21.8. The standard InChI is InChI=1S/C39H39F5N6O2.C4H6O6/c1-4-48(5-2)19-20-49(24-27-9-11-29(12-10-27)30-13-16-33(17-14-30)39(42,43)44)36(51)26-50-25-32(21-28-22-45-47(3)23-28)38(52)46-35(50)18-15-31-7-6-8-34(40)37(31)41;5-1(3(7)8)2(6)4(9)10/h6-18,22-23,25H,4-5,19-21,24,26H2,1-3H3;1-2,5-6H,(H,7,8)(H,9,10)/b18-15+;/t;1-,2-/m.1/s1. The summed E-state index contributed by atoms with van der Waals surface area (Å²) in [7, 11) is 1.76. The minimum Gasteiger partial charge on any atom is -0.479 e. The average molecular weight is 869 g/mol. The monoisotopic (exact) mass is 868 g/mol. The summed E-state index contributed by atoms with van der Waals surface area (Å²) in [5.41, 5.74) is 1.95. The van der Waals surface area contributed by atoms with Gasteiger partial charge >= 0.3 is 18.1 Å². The molecule has 2 heterocycles. The van der Waals surface area contributed by atoms with E-state index in [1.54, 1.807) is 47.4 Å². The summed E-state index contributed by atoms with van der Waals surface area (Å²) in [4.78, 5) is 55.0. The largest absolute Gasteiger partial charge is 0.479 e. The summed E-state index contributed by atoms with van der Waals surface area (Å²) in [5, 5.41) is 36.7. The van der Waals surface area contributed by atoms with Crippen molar-refractivity contribution in [1.29, 1.82) is 0 Å². The van der Waals surface area contributed by atoms with E-state index in [1.807, 2.05) is 26.0 Å². The van der Waals surface area contributed by atoms with Crippen molar-refractivity contribution in [3.63, 3.8) is 0 Å². The molecule has 0 radical (unpaired) electrons. The third-order valence-corrected chi connectivity index (χ3v) is 9.56. The van der Waals surface area contributed by atoms with Gasteiger partial charge in [-0.25, -0.2) is 18.4 Å². The van der Waals surface area contributed by atoms with Crippen molar-refractivity contribution in [2.24, 2.45) is 7.05 Å². The number of aliphatic hydroxyl groups is 2.